The number of para-hydroxylation sites is 5. The Morgan fingerprint density at radius 3 is 1.31 bits per heavy atom. The maximum atomic E-state index is 4.87. The molecule has 7 aromatic carbocycles. The summed E-state index contributed by atoms with van der Waals surface area (Å²) in [4.78, 5) is 4.87. The van der Waals surface area contributed by atoms with Crippen molar-refractivity contribution in [3.05, 3.63) is 182 Å². The minimum absolute atomic E-state index is 0.959. The predicted octanol–water partition coefficient (Wildman–Crippen LogP) is 12.0. The maximum Gasteiger partial charge on any atom is 0.145 e. The Kier molecular flexibility index (Phi) is 5.92. The van der Waals surface area contributed by atoms with Crippen LogP contribution in [0.25, 0.3) is 93.7 Å². The first-order valence-electron chi connectivity index (χ1n) is 17.4. The molecular formula is C47H30N4. The average molecular weight is 651 g/mol. The third-order valence-electron chi connectivity index (χ3n) is 10.5. The molecule has 4 heteroatoms. The molecule has 4 heterocycles. The van der Waals surface area contributed by atoms with Crippen molar-refractivity contribution in [1.82, 2.24) is 18.7 Å². The van der Waals surface area contributed by atoms with Crippen LogP contribution in [0.2, 0.25) is 0 Å². The van der Waals surface area contributed by atoms with Crippen LogP contribution >= 0.6 is 0 Å². The molecule has 0 atom stereocenters. The summed E-state index contributed by atoms with van der Waals surface area (Å²) >= 11 is 0. The molecule has 0 aliphatic carbocycles. The lowest BCUT2D eigenvalue weighted by Crippen LogP contribution is -2.00. The van der Waals surface area contributed by atoms with E-state index in [2.05, 4.69) is 184 Å². The van der Waals surface area contributed by atoms with E-state index in [1.165, 1.54) is 49.0 Å². The zero-order chi connectivity index (χ0) is 33.5. The molecule has 0 spiro atoms. The molecule has 238 valence electrons. The van der Waals surface area contributed by atoms with Gasteiger partial charge in [-0.3, -0.25) is 4.57 Å². The van der Waals surface area contributed by atoms with Gasteiger partial charge in [0.25, 0.3) is 0 Å². The second-order valence-corrected chi connectivity index (χ2v) is 13.3. The molecule has 0 N–H and O–H groups in total. The summed E-state index contributed by atoms with van der Waals surface area (Å²) in [5.74, 6) is 0. The molecule has 11 aromatic rings. The fourth-order valence-corrected chi connectivity index (χ4v) is 8.29. The van der Waals surface area contributed by atoms with E-state index in [4.69, 9.17) is 4.98 Å². The molecule has 0 saturated carbocycles. The van der Waals surface area contributed by atoms with Crippen molar-refractivity contribution in [2.24, 2.45) is 0 Å². The molecule has 0 fully saturated rings. The lowest BCUT2D eigenvalue weighted by molar-refractivity contribution is 1.13. The van der Waals surface area contributed by atoms with Crippen LogP contribution in [0, 0.1) is 0 Å². The highest BCUT2D eigenvalue weighted by Crippen LogP contribution is 2.39. The lowest BCUT2D eigenvalue weighted by Gasteiger charge is -2.16. The van der Waals surface area contributed by atoms with Gasteiger partial charge >= 0.3 is 0 Å². The van der Waals surface area contributed by atoms with E-state index in [9.17, 15) is 0 Å². The van der Waals surface area contributed by atoms with Gasteiger partial charge in [0.05, 0.1) is 27.6 Å². The number of rotatable bonds is 4. The van der Waals surface area contributed by atoms with Gasteiger partial charge in [0.15, 0.2) is 0 Å². The van der Waals surface area contributed by atoms with Gasteiger partial charge in [0.2, 0.25) is 0 Å². The summed E-state index contributed by atoms with van der Waals surface area (Å²) in [6.45, 7) is 0. The highest BCUT2D eigenvalue weighted by molar-refractivity contribution is 6.12. The van der Waals surface area contributed by atoms with E-state index in [0.717, 1.165) is 44.7 Å². The zero-order valence-corrected chi connectivity index (χ0v) is 27.6. The van der Waals surface area contributed by atoms with E-state index in [1.54, 1.807) is 0 Å². The summed E-state index contributed by atoms with van der Waals surface area (Å²) in [5, 5.41) is 7.32. The standard InChI is InChI=1S/C47H30N4/c1-2-13-33(14-3-1)51-46-25-24-31(29-41(46)40-19-12-26-48-47(40)51)32-27-34(49-42-20-8-4-15-36(42)37-16-5-9-21-43(37)49)30-35(28-32)50-44-22-10-6-17-38(44)39-18-7-11-23-45(39)50/h1-30H. The third kappa shape index (κ3) is 4.11. The van der Waals surface area contributed by atoms with Crippen LogP contribution in [0.3, 0.4) is 0 Å². The first-order chi connectivity index (χ1) is 25.3. The smallest absolute Gasteiger partial charge is 0.145 e. The highest BCUT2D eigenvalue weighted by Gasteiger charge is 2.19. The van der Waals surface area contributed by atoms with Gasteiger partial charge in [0.1, 0.15) is 5.65 Å². The van der Waals surface area contributed by atoms with E-state index >= 15 is 0 Å². The van der Waals surface area contributed by atoms with Gasteiger partial charge in [-0.25, -0.2) is 4.98 Å². The number of nitrogens with zero attached hydrogens (tertiary/aromatic N) is 4. The van der Waals surface area contributed by atoms with Crippen molar-refractivity contribution in [3.63, 3.8) is 0 Å². The number of aromatic nitrogens is 4. The van der Waals surface area contributed by atoms with Crippen LogP contribution in [-0.4, -0.2) is 18.7 Å². The van der Waals surface area contributed by atoms with Gasteiger partial charge in [-0.1, -0.05) is 97.1 Å². The van der Waals surface area contributed by atoms with Gasteiger partial charge < -0.3 is 9.13 Å². The first-order valence-corrected chi connectivity index (χ1v) is 17.4. The van der Waals surface area contributed by atoms with Crippen molar-refractivity contribution in [3.8, 4) is 28.2 Å². The second-order valence-electron chi connectivity index (χ2n) is 13.3. The monoisotopic (exact) mass is 650 g/mol. The third-order valence-corrected chi connectivity index (χ3v) is 10.5. The largest absolute Gasteiger partial charge is 0.309 e. The summed E-state index contributed by atoms with van der Waals surface area (Å²) in [5.41, 5.74) is 12.5. The first kappa shape index (κ1) is 28.0. The fraction of sp³-hybridized carbons (Fsp3) is 0. The average Bonchev–Trinajstić information content (AvgIpc) is 3.84. The Morgan fingerprint density at radius 2 is 0.765 bits per heavy atom. The number of hydrogen-bond donors (Lipinski definition) is 0. The summed E-state index contributed by atoms with van der Waals surface area (Å²) in [7, 11) is 0. The van der Waals surface area contributed by atoms with E-state index in [-0.39, 0.29) is 0 Å². The number of benzene rings is 7. The van der Waals surface area contributed by atoms with Gasteiger partial charge in [-0.05, 0) is 90.0 Å². The Hall–Kier alpha value is -6.91. The van der Waals surface area contributed by atoms with Crippen molar-refractivity contribution in [1.29, 1.82) is 0 Å². The van der Waals surface area contributed by atoms with Crippen LogP contribution < -0.4 is 0 Å². The summed E-state index contributed by atoms with van der Waals surface area (Å²) in [6, 6.07) is 63.6. The highest BCUT2D eigenvalue weighted by atomic mass is 15.0. The van der Waals surface area contributed by atoms with E-state index < -0.39 is 0 Å². The SMILES string of the molecule is c1ccc(-n2c3ccc(-c4cc(-n5c6ccccc6c6ccccc65)cc(-n5c6ccccc6c6ccccc65)c4)cc3c3cccnc32)cc1. The van der Waals surface area contributed by atoms with Crippen LogP contribution in [0.1, 0.15) is 0 Å². The molecular weight excluding hydrogens is 621 g/mol. The minimum Gasteiger partial charge on any atom is -0.309 e. The minimum atomic E-state index is 0.959. The van der Waals surface area contributed by atoms with Gasteiger partial charge in [-0.2, -0.15) is 0 Å². The lowest BCUT2D eigenvalue weighted by atomic mass is 10.0. The Labute approximate surface area is 293 Å². The number of hydrogen-bond acceptors (Lipinski definition) is 1. The molecule has 11 rings (SSSR count). The van der Waals surface area contributed by atoms with Crippen LogP contribution in [0.4, 0.5) is 0 Å². The molecule has 0 unspecified atom stereocenters. The van der Waals surface area contributed by atoms with Crippen molar-refractivity contribution < 1.29 is 0 Å². The maximum absolute atomic E-state index is 4.87. The molecule has 51 heavy (non-hydrogen) atoms. The van der Waals surface area contributed by atoms with Crippen LogP contribution in [-0.2, 0) is 0 Å². The van der Waals surface area contributed by atoms with Crippen LogP contribution in [0.15, 0.2) is 182 Å². The van der Waals surface area contributed by atoms with Gasteiger partial charge in [0, 0.05) is 55.6 Å². The van der Waals surface area contributed by atoms with E-state index in [0.29, 0.717) is 0 Å². The molecule has 0 radical (unpaired) electrons. The summed E-state index contributed by atoms with van der Waals surface area (Å²) < 4.78 is 7.12. The predicted molar refractivity (Wildman–Crippen MR) is 213 cm³/mol. The molecule has 0 bridgehead atoms. The fourth-order valence-electron chi connectivity index (χ4n) is 8.29. The molecule has 0 aliphatic rings. The molecule has 4 nitrogen and oxygen atoms in total. The molecule has 0 saturated heterocycles. The Bertz CT molecular complexity index is 2900. The number of fused-ring (bicyclic) bond motifs is 9. The Morgan fingerprint density at radius 1 is 0.294 bits per heavy atom. The quantitative estimate of drug-likeness (QED) is 0.186. The normalized spacial score (nSPS) is 11.9. The van der Waals surface area contributed by atoms with Crippen molar-refractivity contribution in [2.45, 2.75) is 0 Å². The molecule has 0 amide bonds. The Balaban J connectivity index is 1.23. The van der Waals surface area contributed by atoms with E-state index in [1.807, 2.05) is 12.3 Å². The van der Waals surface area contributed by atoms with Crippen molar-refractivity contribution >= 4 is 65.5 Å². The zero-order valence-electron chi connectivity index (χ0n) is 27.6. The topological polar surface area (TPSA) is 27.7 Å². The molecule has 0 aliphatic heterocycles. The molecule has 4 aromatic heterocycles. The number of pyridine rings is 1. The van der Waals surface area contributed by atoms with Crippen LogP contribution in [0.5, 0.6) is 0 Å². The summed E-state index contributed by atoms with van der Waals surface area (Å²) in [6.07, 6.45) is 1.88. The van der Waals surface area contributed by atoms with Crippen molar-refractivity contribution in [2.75, 3.05) is 0 Å². The second kappa shape index (κ2) is 10.8. The van der Waals surface area contributed by atoms with Gasteiger partial charge in [-0.15, -0.1) is 0 Å².